The maximum Gasteiger partial charge on any atom is 0.234 e. The zero-order valence-corrected chi connectivity index (χ0v) is 11.7. The molecule has 0 aromatic rings. The van der Waals surface area contributed by atoms with Crippen molar-refractivity contribution in [3.05, 3.63) is 0 Å². The second-order valence-electron chi connectivity index (χ2n) is 6.05. The third-order valence-corrected chi connectivity index (χ3v) is 3.08. The average Bonchev–Trinajstić information content (AvgIpc) is 2.41. The van der Waals surface area contributed by atoms with Gasteiger partial charge in [-0.05, 0) is 60.2 Å². The minimum Gasteiger partial charge on any atom is -0.350 e. The van der Waals surface area contributed by atoms with E-state index in [0.717, 1.165) is 19.5 Å². The molecule has 1 saturated heterocycles. The monoisotopic (exact) mass is 241 g/mol. The van der Waals surface area contributed by atoms with E-state index < -0.39 is 0 Å². The second kappa shape index (κ2) is 6.36. The Bertz CT molecular complexity index is 240. The van der Waals surface area contributed by atoms with Crippen LogP contribution in [0, 0.1) is 0 Å². The van der Waals surface area contributed by atoms with Gasteiger partial charge in [-0.1, -0.05) is 0 Å². The fourth-order valence-electron chi connectivity index (χ4n) is 2.25. The Balaban J connectivity index is 2.36. The molecule has 100 valence electrons. The van der Waals surface area contributed by atoms with Gasteiger partial charge in [-0.25, -0.2) is 0 Å². The molecule has 0 radical (unpaired) electrons. The molecule has 4 heteroatoms. The lowest BCUT2D eigenvalue weighted by atomic mass is 10.1. The third kappa shape index (κ3) is 6.03. The zero-order valence-electron chi connectivity index (χ0n) is 11.7. The van der Waals surface area contributed by atoms with Gasteiger partial charge in [0.25, 0.3) is 0 Å². The molecule has 0 bridgehead atoms. The lowest BCUT2D eigenvalue weighted by molar-refractivity contribution is -0.123. The van der Waals surface area contributed by atoms with Gasteiger partial charge in [0, 0.05) is 11.6 Å². The van der Waals surface area contributed by atoms with Crippen molar-refractivity contribution in [3.63, 3.8) is 0 Å². The number of carbonyl (C=O) groups is 1. The standard InChI is InChI=1S/C13H27N3O/c1-13(2,3)15-12(17)10-16(4)11-6-5-8-14-9-7-11/h11,14H,5-10H2,1-4H3,(H,15,17). The second-order valence-corrected chi connectivity index (χ2v) is 6.05. The smallest absolute Gasteiger partial charge is 0.234 e. The van der Waals surface area contributed by atoms with Crippen LogP contribution in [0.2, 0.25) is 0 Å². The van der Waals surface area contributed by atoms with E-state index >= 15 is 0 Å². The van der Waals surface area contributed by atoms with Crippen molar-refractivity contribution < 1.29 is 4.79 Å². The summed E-state index contributed by atoms with van der Waals surface area (Å²) in [4.78, 5) is 14.0. The summed E-state index contributed by atoms with van der Waals surface area (Å²) in [6.45, 7) is 8.72. The highest BCUT2D eigenvalue weighted by atomic mass is 16.2. The maximum atomic E-state index is 11.8. The summed E-state index contributed by atoms with van der Waals surface area (Å²) < 4.78 is 0. The van der Waals surface area contributed by atoms with Crippen LogP contribution in [0.1, 0.15) is 40.0 Å². The predicted octanol–water partition coefficient (Wildman–Crippen LogP) is 0.975. The average molecular weight is 241 g/mol. The van der Waals surface area contributed by atoms with Crippen molar-refractivity contribution in [1.29, 1.82) is 0 Å². The number of amides is 1. The van der Waals surface area contributed by atoms with Crippen molar-refractivity contribution in [2.24, 2.45) is 0 Å². The van der Waals surface area contributed by atoms with Crippen LogP contribution in [0.5, 0.6) is 0 Å². The van der Waals surface area contributed by atoms with E-state index in [-0.39, 0.29) is 11.4 Å². The van der Waals surface area contributed by atoms with Crippen LogP contribution in [-0.4, -0.2) is 49.1 Å². The van der Waals surface area contributed by atoms with Gasteiger partial charge in [-0.15, -0.1) is 0 Å². The molecular formula is C13H27N3O. The van der Waals surface area contributed by atoms with Crippen molar-refractivity contribution in [2.75, 3.05) is 26.7 Å². The molecule has 1 heterocycles. The van der Waals surface area contributed by atoms with Crippen LogP contribution in [0.4, 0.5) is 0 Å². The van der Waals surface area contributed by atoms with Gasteiger partial charge in [0.15, 0.2) is 0 Å². The van der Waals surface area contributed by atoms with E-state index in [9.17, 15) is 4.79 Å². The van der Waals surface area contributed by atoms with Crippen LogP contribution >= 0.6 is 0 Å². The van der Waals surface area contributed by atoms with E-state index in [0.29, 0.717) is 12.6 Å². The summed E-state index contributed by atoms with van der Waals surface area (Å²) in [5.41, 5.74) is -0.136. The molecule has 1 unspecified atom stereocenters. The third-order valence-electron chi connectivity index (χ3n) is 3.08. The molecule has 1 amide bonds. The lowest BCUT2D eigenvalue weighted by Crippen LogP contribution is -2.47. The molecule has 0 aromatic heterocycles. The fraction of sp³-hybridized carbons (Fsp3) is 0.923. The number of hydrogen-bond acceptors (Lipinski definition) is 3. The Hall–Kier alpha value is -0.610. The minimum absolute atomic E-state index is 0.122. The summed E-state index contributed by atoms with van der Waals surface area (Å²) in [5, 5.41) is 6.40. The molecule has 1 fully saturated rings. The Morgan fingerprint density at radius 3 is 2.71 bits per heavy atom. The topological polar surface area (TPSA) is 44.4 Å². The van der Waals surface area contributed by atoms with Crippen LogP contribution < -0.4 is 10.6 Å². The van der Waals surface area contributed by atoms with E-state index in [2.05, 4.69) is 22.6 Å². The number of rotatable bonds is 3. The predicted molar refractivity (Wildman–Crippen MR) is 71.0 cm³/mol. The highest BCUT2D eigenvalue weighted by Gasteiger charge is 2.20. The molecule has 0 aromatic carbocycles. The molecule has 2 N–H and O–H groups in total. The molecule has 0 spiro atoms. The Morgan fingerprint density at radius 2 is 2.06 bits per heavy atom. The maximum absolute atomic E-state index is 11.8. The summed E-state index contributed by atoms with van der Waals surface area (Å²) in [7, 11) is 2.05. The molecule has 1 atom stereocenters. The van der Waals surface area contributed by atoms with Gasteiger partial charge in [0.2, 0.25) is 5.91 Å². The number of nitrogens with one attached hydrogen (secondary N) is 2. The van der Waals surface area contributed by atoms with E-state index in [4.69, 9.17) is 0 Å². The fourth-order valence-corrected chi connectivity index (χ4v) is 2.25. The number of likely N-dealkylation sites (N-methyl/N-ethyl adjacent to an activating group) is 1. The summed E-state index contributed by atoms with van der Waals surface area (Å²) in [6.07, 6.45) is 3.53. The first kappa shape index (κ1) is 14.5. The Morgan fingerprint density at radius 1 is 1.35 bits per heavy atom. The first-order valence-electron chi connectivity index (χ1n) is 6.60. The highest BCUT2D eigenvalue weighted by molar-refractivity contribution is 5.78. The van der Waals surface area contributed by atoms with Gasteiger partial charge in [0.05, 0.1) is 6.54 Å². The first-order chi connectivity index (χ1) is 7.88. The molecular weight excluding hydrogens is 214 g/mol. The first-order valence-corrected chi connectivity index (χ1v) is 6.60. The normalized spacial score (nSPS) is 22.3. The number of carbonyl (C=O) groups excluding carboxylic acids is 1. The van der Waals surface area contributed by atoms with E-state index in [1.807, 2.05) is 20.8 Å². The molecule has 1 aliphatic rings. The van der Waals surface area contributed by atoms with Crippen LogP contribution in [-0.2, 0) is 4.79 Å². The summed E-state index contributed by atoms with van der Waals surface area (Å²) >= 11 is 0. The van der Waals surface area contributed by atoms with E-state index in [1.165, 1.54) is 12.8 Å². The van der Waals surface area contributed by atoms with Crippen molar-refractivity contribution in [3.8, 4) is 0 Å². The Labute approximate surface area is 105 Å². The number of nitrogens with zero attached hydrogens (tertiary/aromatic N) is 1. The van der Waals surface area contributed by atoms with Gasteiger partial charge in [-0.2, -0.15) is 0 Å². The lowest BCUT2D eigenvalue weighted by Gasteiger charge is -2.28. The van der Waals surface area contributed by atoms with Crippen LogP contribution in [0.15, 0.2) is 0 Å². The minimum atomic E-state index is -0.136. The van der Waals surface area contributed by atoms with Crippen molar-refractivity contribution in [1.82, 2.24) is 15.5 Å². The molecule has 1 aliphatic heterocycles. The molecule has 0 aliphatic carbocycles. The van der Waals surface area contributed by atoms with Gasteiger partial charge < -0.3 is 10.6 Å². The van der Waals surface area contributed by atoms with Crippen molar-refractivity contribution in [2.45, 2.75) is 51.6 Å². The van der Waals surface area contributed by atoms with Crippen LogP contribution in [0.25, 0.3) is 0 Å². The molecule has 0 saturated carbocycles. The Kier molecular flexibility index (Phi) is 5.40. The van der Waals surface area contributed by atoms with Gasteiger partial charge in [-0.3, -0.25) is 9.69 Å². The molecule has 4 nitrogen and oxygen atoms in total. The zero-order chi connectivity index (χ0) is 12.9. The van der Waals surface area contributed by atoms with Crippen LogP contribution in [0.3, 0.4) is 0 Å². The van der Waals surface area contributed by atoms with Crippen molar-refractivity contribution >= 4 is 5.91 Å². The number of hydrogen-bond donors (Lipinski definition) is 2. The van der Waals surface area contributed by atoms with Gasteiger partial charge >= 0.3 is 0 Å². The van der Waals surface area contributed by atoms with E-state index in [1.54, 1.807) is 0 Å². The molecule has 17 heavy (non-hydrogen) atoms. The highest BCUT2D eigenvalue weighted by Crippen LogP contribution is 2.11. The largest absolute Gasteiger partial charge is 0.350 e. The SMILES string of the molecule is CN(CC(=O)NC(C)(C)C)C1CCCNCC1. The van der Waals surface area contributed by atoms with Gasteiger partial charge in [0.1, 0.15) is 0 Å². The molecule has 1 rings (SSSR count). The quantitative estimate of drug-likeness (QED) is 0.774. The summed E-state index contributed by atoms with van der Waals surface area (Å²) in [6, 6.07) is 0.538. The summed E-state index contributed by atoms with van der Waals surface area (Å²) in [5.74, 6) is 0.122.